The smallest absolute Gasteiger partial charge is 0.335 e. The van der Waals surface area contributed by atoms with Crippen LogP contribution in [0.25, 0.3) is 10.9 Å². The summed E-state index contributed by atoms with van der Waals surface area (Å²) in [5.74, 6) is -0.376. The second kappa shape index (κ2) is 5.00. The van der Waals surface area contributed by atoms with E-state index < -0.39 is 5.97 Å². The highest BCUT2D eigenvalue weighted by Gasteiger charge is 2.06. The van der Waals surface area contributed by atoms with Crippen molar-refractivity contribution in [2.75, 3.05) is 5.32 Å². The molecule has 2 N–H and O–H groups in total. The summed E-state index contributed by atoms with van der Waals surface area (Å²) in [5, 5.41) is 12.8. The van der Waals surface area contributed by atoms with Gasteiger partial charge in [-0.2, -0.15) is 0 Å². The van der Waals surface area contributed by atoms with E-state index in [1.165, 1.54) is 0 Å². The number of nitrogens with one attached hydrogen (secondary N) is 1. The van der Waals surface area contributed by atoms with Crippen molar-refractivity contribution >= 4 is 22.8 Å². The minimum atomic E-state index is -0.946. The van der Waals surface area contributed by atoms with Crippen molar-refractivity contribution in [3.05, 3.63) is 30.0 Å². The lowest BCUT2D eigenvalue weighted by atomic mass is 10.1. The van der Waals surface area contributed by atoms with E-state index in [9.17, 15) is 4.79 Å². The molecule has 1 atom stereocenters. The summed E-state index contributed by atoms with van der Waals surface area (Å²) in [7, 11) is 0. The van der Waals surface area contributed by atoms with Crippen LogP contribution in [0.5, 0.6) is 0 Å². The molecule has 0 aliphatic heterocycles. The Labute approximate surface area is 105 Å². The van der Waals surface area contributed by atoms with Gasteiger partial charge < -0.3 is 10.4 Å². The summed E-state index contributed by atoms with van der Waals surface area (Å²) >= 11 is 0. The second-order valence-corrected chi connectivity index (χ2v) is 4.23. The van der Waals surface area contributed by atoms with Crippen molar-refractivity contribution in [2.45, 2.75) is 26.3 Å². The molecule has 0 fully saturated rings. The zero-order valence-electron chi connectivity index (χ0n) is 10.3. The molecule has 1 unspecified atom stereocenters. The van der Waals surface area contributed by atoms with Gasteiger partial charge in [-0.15, -0.1) is 0 Å². The number of carboxylic acids is 1. The van der Waals surface area contributed by atoms with Gasteiger partial charge in [-0.1, -0.05) is 6.92 Å². The first kappa shape index (κ1) is 12.3. The molecule has 0 spiro atoms. The predicted molar refractivity (Wildman–Crippen MR) is 69.9 cm³/mol. The van der Waals surface area contributed by atoms with Gasteiger partial charge in [0.2, 0.25) is 5.95 Å². The van der Waals surface area contributed by atoms with Gasteiger partial charge in [0.05, 0.1) is 11.1 Å². The number of carbonyl (C=O) groups is 1. The number of carboxylic acid groups (broad SMARTS) is 1. The van der Waals surface area contributed by atoms with Gasteiger partial charge in [0, 0.05) is 17.6 Å². The quantitative estimate of drug-likeness (QED) is 0.865. The summed E-state index contributed by atoms with van der Waals surface area (Å²) < 4.78 is 0. The van der Waals surface area contributed by atoms with E-state index >= 15 is 0 Å². The lowest BCUT2D eigenvalue weighted by molar-refractivity contribution is 0.0697. The van der Waals surface area contributed by atoms with Crippen LogP contribution < -0.4 is 5.32 Å². The third-order valence-electron chi connectivity index (χ3n) is 2.81. The molecular weight excluding hydrogens is 230 g/mol. The van der Waals surface area contributed by atoms with Gasteiger partial charge in [-0.25, -0.2) is 14.8 Å². The number of fused-ring (bicyclic) bond motifs is 1. The number of hydrogen-bond acceptors (Lipinski definition) is 4. The number of anilines is 1. The Bertz CT molecular complexity index is 583. The summed E-state index contributed by atoms with van der Waals surface area (Å²) in [6.45, 7) is 4.14. The highest BCUT2D eigenvalue weighted by atomic mass is 16.4. The average Bonchev–Trinajstić information content (AvgIpc) is 2.37. The molecule has 0 saturated carbocycles. The van der Waals surface area contributed by atoms with Gasteiger partial charge in [0.15, 0.2) is 0 Å². The van der Waals surface area contributed by atoms with E-state index in [-0.39, 0.29) is 5.56 Å². The van der Waals surface area contributed by atoms with E-state index in [0.29, 0.717) is 12.0 Å². The van der Waals surface area contributed by atoms with Crippen molar-refractivity contribution in [1.82, 2.24) is 9.97 Å². The predicted octanol–water partition coefficient (Wildman–Crippen LogP) is 2.54. The molecule has 18 heavy (non-hydrogen) atoms. The van der Waals surface area contributed by atoms with E-state index in [4.69, 9.17) is 5.11 Å². The maximum absolute atomic E-state index is 10.8. The lowest BCUT2D eigenvalue weighted by Crippen LogP contribution is -2.15. The van der Waals surface area contributed by atoms with Crippen LogP contribution in [-0.4, -0.2) is 27.1 Å². The average molecular weight is 245 g/mol. The van der Waals surface area contributed by atoms with Crippen molar-refractivity contribution in [3.8, 4) is 0 Å². The molecule has 94 valence electrons. The van der Waals surface area contributed by atoms with Crippen LogP contribution in [0.3, 0.4) is 0 Å². The molecule has 5 heteroatoms. The van der Waals surface area contributed by atoms with Crippen LogP contribution in [0, 0.1) is 0 Å². The Morgan fingerprint density at radius 3 is 2.94 bits per heavy atom. The minimum absolute atomic E-state index is 0.244. The highest BCUT2D eigenvalue weighted by Crippen LogP contribution is 2.15. The topological polar surface area (TPSA) is 75.1 Å². The van der Waals surface area contributed by atoms with Crippen LogP contribution in [0.1, 0.15) is 30.6 Å². The van der Waals surface area contributed by atoms with Gasteiger partial charge in [0.25, 0.3) is 0 Å². The molecular formula is C13H15N3O2. The zero-order valence-corrected chi connectivity index (χ0v) is 10.3. The van der Waals surface area contributed by atoms with E-state index in [1.807, 2.05) is 0 Å². The van der Waals surface area contributed by atoms with Crippen molar-refractivity contribution < 1.29 is 9.90 Å². The second-order valence-electron chi connectivity index (χ2n) is 4.23. The van der Waals surface area contributed by atoms with Crippen LogP contribution in [0.15, 0.2) is 24.4 Å². The standard InChI is InChI=1S/C13H15N3O2/c1-3-8(2)15-13-14-7-10-6-9(12(17)18)4-5-11(10)16-13/h4-8H,3H2,1-2H3,(H,17,18)(H,14,15,16). The number of benzene rings is 1. The molecule has 1 aromatic carbocycles. The Morgan fingerprint density at radius 1 is 1.50 bits per heavy atom. The molecule has 0 saturated heterocycles. The van der Waals surface area contributed by atoms with E-state index in [1.54, 1.807) is 24.4 Å². The number of aromatic nitrogens is 2. The first-order valence-corrected chi connectivity index (χ1v) is 5.86. The van der Waals surface area contributed by atoms with Crippen LogP contribution in [0.4, 0.5) is 5.95 Å². The summed E-state index contributed by atoms with van der Waals surface area (Å²) in [6, 6.07) is 5.12. The number of hydrogen-bond donors (Lipinski definition) is 2. The van der Waals surface area contributed by atoms with Crippen molar-refractivity contribution in [3.63, 3.8) is 0 Å². The molecule has 1 aromatic heterocycles. The fourth-order valence-corrected chi connectivity index (χ4v) is 1.56. The zero-order chi connectivity index (χ0) is 13.1. The summed E-state index contributed by atoms with van der Waals surface area (Å²) in [6.07, 6.45) is 2.62. The SMILES string of the molecule is CCC(C)Nc1ncc2cc(C(=O)O)ccc2n1. The normalized spacial score (nSPS) is 12.3. The molecule has 0 bridgehead atoms. The molecule has 5 nitrogen and oxygen atoms in total. The third kappa shape index (κ3) is 2.56. The molecule has 2 rings (SSSR count). The van der Waals surface area contributed by atoms with Gasteiger partial charge in [0.1, 0.15) is 0 Å². The van der Waals surface area contributed by atoms with Crippen molar-refractivity contribution in [1.29, 1.82) is 0 Å². The van der Waals surface area contributed by atoms with Crippen molar-refractivity contribution in [2.24, 2.45) is 0 Å². The fourth-order valence-electron chi connectivity index (χ4n) is 1.56. The maximum atomic E-state index is 10.8. The Morgan fingerprint density at radius 2 is 2.28 bits per heavy atom. The van der Waals surface area contributed by atoms with Crippen LogP contribution in [-0.2, 0) is 0 Å². The Hall–Kier alpha value is -2.17. The largest absolute Gasteiger partial charge is 0.478 e. The van der Waals surface area contributed by atoms with E-state index in [0.717, 1.165) is 17.3 Å². The Kier molecular flexibility index (Phi) is 3.41. The van der Waals surface area contributed by atoms with Gasteiger partial charge in [-0.05, 0) is 31.5 Å². The highest BCUT2D eigenvalue weighted by molar-refractivity contribution is 5.93. The first-order valence-electron chi connectivity index (χ1n) is 5.86. The number of rotatable bonds is 4. The minimum Gasteiger partial charge on any atom is -0.478 e. The summed E-state index contributed by atoms with van der Waals surface area (Å²) in [5.41, 5.74) is 0.981. The lowest BCUT2D eigenvalue weighted by Gasteiger charge is -2.11. The fraction of sp³-hybridized carbons (Fsp3) is 0.308. The first-order chi connectivity index (χ1) is 8.60. The Balaban J connectivity index is 2.35. The van der Waals surface area contributed by atoms with Crippen LogP contribution in [0.2, 0.25) is 0 Å². The molecule has 0 aliphatic carbocycles. The maximum Gasteiger partial charge on any atom is 0.335 e. The van der Waals surface area contributed by atoms with Gasteiger partial charge >= 0.3 is 5.97 Å². The molecule has 1 heterocycles. The monoisotopic (exact) mass is 245 g/mol. The molecule has 2 aromatic rings. The van der Waals surface area contributed by atoms with Crippen LogP contribution >= 0.6 is 0 Å². The molecule has 0 amide bonds. The molecule has 0 radical (unpaired) electrons. The third-order valence-corrected chi connectivity index (χ3v) is 2.81. The number of nitrogens with zero attached hydrogens (tertiary/aromatic N) is 2. The summed E-state index contributed by atoms with van der Waals surface area (Å²) in [4.78, 5) is 19.4. The van der Waals surface area contributed by atoms with E-state index in [2.05, 4.69) is 29.1 Å². The number of aromatic carboxylic acids is 1. The van der Waals surface area contributed by atoms with Gasteiger partial charge in [-0.3, -0.25) is 0 Å². The molecule has 0 aliphatic rings.